The molecule has 0 unspecified atom stereocenters. The van der Waals surface area contributed by atoms with E-state index in [4.69, 9.17) is 23.2 Å². The zero-order chi connectivity index (χ0) is 15.2. The molecule has 4 aliphatic carbocycles. The fraction of sp³-hybridized carbons (Fsp3) is 0.467. The van der Waals surface area contributed by atoms with Gasteiger partial charge in [-0.2, -0.15) is 10.5 Å². The Morgan fingerprint density at radius 1 is 0.952 bits per heavy atom. The number of carbonyl (C=O) groups excluding carboxylic acids is 2. The van der Waals surface area contributed by atoms with Crippen molar-refractivity contribution in [3.63, 3.8) is 0 Å². The molecule has 4 nitrogen and oxygen atoms in total. The third-order valence-corrected chi connectivity index (χ3v) is 6.56. The van der Waals surface area contributed by atoms with E-state index in [9.17, 15) is 20.1 Å². The Morgan fingerprint density at radius 2 is 1.33 bits per heavy atom. The van der Waals surface area contributed by atoms with Crippen LogP contribution >= 0.6 is 23.2 Å². The molecule has 6 atom stereocenters. The Hall–Kier alpha value is -1.62. The Bertz CT molecular complexity index is 710. The first kappa shape index (κ1) is 13.1. The molecular weight excluding hydrogens is 311 g/mol. The van der Waals surface area contributed by atoms with E-state index in [0.717, 1.165) is 6.42 Å². The predicted octanol–water partition coefficient (Wildman–Crippen LogP) is 2.30. The van der Waals surface area contributed by atoms with Crippen LogP contribution in [0, 0.1) is 57.2 Å². The van der Waals surface area contributed by atoms with Crippen LogP contribution < -0.4 is 0 Å². The molecule has 2 fully saturated rings. The van der Waals surface area contributed by atoms with Gasteiger partial charge in [-0.25, -0.2) is 0 Å². The van der Waals surface area contributed by atoms with Crippen molar-refractivity contribution in [1.82, 2.24) is 0 Å². The summed E-state index contributed by atoms with van der Waals surface area (Å²) >= 11 is 11.8. The highest BCUT2D eigenvalue weighted by Crippen LogP contribution is 2.77. The van der Waals surface area contributed by atoms with Crippen molar-refractivity contribution in [2.45, 2.75) is 6.42 Å². The molecule has 0 N–H and O–H groups in total. The van der Waals surface area contributed by atoms with Gasteiger partial charge >= 0.3 is 0 Å². The molecule has 0 aliphatic heterocycles. The lowest BCUT2D eigenvalue weighted by Gasteiger charge is -2.62. The molecule has 0 aromatic heterocycles. The number of carbonyl (C=O) groups is 2. The third-order valence-electron chi connectivity index (χ3n) is 5.74. The van der Waals surface area contributed by atoms with Gasteiger partial charge < -0.3 is 0 Å². The van der Waals surface area contributed by atoms with Crippen LogP contribution in [0.3, 0.4) is 0 Å². The van der Waals surface area contributed by atoms with Crippen molar-refractivity contribution in [1.29, 1.82) is 10.5 Å². The zero-order valence-electron chi connectivity index (χ0n) is 10.6. The highest BCUT2D eigenvalue weighted by Gasteiger charge is 2.86. The summed E-state index contributed by atoms with van der Waals surface area (Å²) in [4.78, 5) is 25.3. The number of rotatable bonds is 0. The molecule has 0 spiro atoms. The van der Waals surface area contributed by atoms with Gasteiger partial charge in [-0.1, -0.05) is 35.4 Å². The van der Waals surface area contributed by atoms with E-state index in [1.807, 2.05) is 24.3 Å². The van der Waals surface area contributed by atoms with Gasteiger partial charge in [0.25, 0.3) is 0 Å². The number of hydrogen-bond donors (Lipinski definition) is 0. The van der Waals surface area contributed by atoms with Gasteiger partial charge in [-0.3, -0.25) is 9.59 Å². The minimum absolute atomic E-state index is 0.0548. The number of fused-ring (bicyclic) bond motifs is 8. The predicted molar refractivity (Wildman–Crippen MR) is 72.6 cm³/mol. The van der Waals surface area contributed by atoms with E-state index in [1.54, 1.807) is 0 Å². The lowest BCUT2D eigenvalue weighted by molar-refractivity contribution is -0.177. The molecular formula is C15H8Cl2N2O2. The second-order valence-corrected chi connectivity index (χ2v) is 6.88. The second-order valence-electron chi connectivity index (χ2n) is 6.13. The van der Waals surface area contributed by atoms with Gasteiger partial charge in [0.05, 0.1) is 12.1 Å². The van der Waals surface area contributed by atoms with Crippen molar-refractivity contribution < 1.29 is 9.59 Å². The fourth-order valence-corrected chi connectivity index (χ4v) is 5.54. The maximum atomic E-state index is 12.7. The highest BCUT2D eigenvalue weighted by atomic mass is 35.5. The van der Waals surface area contributed by atoms with E-state index >= 15 is 0 Å². The van der Waals surface area contributed by atoms with Crippen LogP contribution in [0.2, 0.25) is 0 Å². The SMILES string of the molecule is N#C[C@@]12C(=O)C(Cl)=C(Cl)C(=O)[C@]1(C#N)[C@@H]1[C@H]2[C@H]2C=C[C@@H]1C2. The zero-order valence-corrected chi connectivity index (χ0v) is 12.1. The molecule has 0 radical (unpaired) electrons. The van der Waals surface area contributed by atoms with Gasteiger partial charge in [-0.15, -0.1) is 0 Å². The first-order chi connectivity index (χ1) is 9.97. The number of nitrogens with zero attached hydrogens (tertiary/aromatic N) is 2. The van der Waals surface area contributed by atoms with Gasteiger partial charge in [0.15, 0.2) is 22.4 Å². The summed E-state index contributed by atoms with van der Waals surface area (Å²) in [6, 6.07) is 3.98. The molecule has 0 aromatic rings. The minimum atomic E-state index is -1.68. The summed E-state index contributed by atoms with van der Waals surface area (Å²) in [7, 11) is 0. The standard InChI is InChI=1S/C15H8Cl2N2O2/c16-10-11(17)13(21)15(5-19)9-7-2-1-6(3-7)8(9)14(15,4-18)12(10)20/h1-2,6-9H,3H2/t6-,7+,8+,9-,14+,15-. The number of halogens is 2. The Balaban J connectivity index is 2.06. The molecule has 4 rings (SSSR count). The second kappa shape index (κ2) is 3.58. The molecule has 4 aliphatic rings. The fourth-order valence-electron chi connectivity index (χ4n) is 5.07. The number of nitriles is 2. The van der Waals surface area contributed by atoms with E-state index in [1.165, 1.54) is 0 Å². The number of Topliss-reactive ketones (excluding diaryl/α,β-unsaturated/α-hetero) is 2. The quantitative estimate of drug-likeness (QED) is 0.642. The topological polar surface area (TPSA) is 81.7 Å². The summed E-state index contributed by atoms with van der Waals surface area (Å²) in [5.41, 5.74) is -3.35. The van der Waals surface area contributed by atoms with Crippen molar-refractivity contribution in [2.75, 3.05) is 0 Å². The monoisotopic (exact) mass is 318 g/mol. The van der Waals surface area contributed by atoms with Gasteiger partial charge in [0.2, 0.25) is 0 Å². The van der Waals surface area contributed by atoms with Crippen LogP contribution in [-0.2, 0) is 9.59 Å². The van der Waals surface area contributed by atoms with E-state index in [0.29, 0.717) is 0 Å². The summed E-state index contributed by atoms with van der Waals surface area (Å²) in [5.74, 6) is -1.85. The van der Waals surface area contributed by atoms with Crippen molar-refractivity contribution in [2.24, 2.45) is 34.5 Å². The average Bonchev–Trinajstić information content (AvgIpc) is 3.05. The van der Waals surface area contributed by atoms with E-state index in [2.05, 4.69) is 0 Å². The van der Waals surface area contributed by atoms with Crippen LogP contribution in [0.1, 0.15) is 6.42 Å². The lowest BCUT2D eigenvalue weighted by atomic mass is 9.33. The van der Waals surface area contributed by atoms with E-state index < -0.39 is 32.5 Å². The summed E-state index contributed by atoms with van der Waals surface area (Å²) in [5, 5.41) is 18.6. The summed E-state index contributed by atoms with van der Waals surface area (Å²) in [6.07, 6.45) is 4.74. The van der Waals surface area contributed by atoms with Crippen LogP contribution in [0.25, 0.3) is 0 Å². The molecule has 0 saturated heterocycles. The highest BCUT2D eigenvalue weighted by molar-refractivity contribution is 6.57. The largest absolute Gasteiger partial charge is 0.291 e. The number of hydrogen-bond acceptors (Lipinski definition) is 4. The van der Waals surface area contributed by atoms with Crippen molar-refractivity contribution in [3.8, 4) is 12.1 Å². The Morgan fingerprint density at radius 3 is 1.67 bits per heavy atom. The molecule has 2 bridgehead atoms. The summed E-state index contributed by atoms with van der Waals surface area (Å²) in [6.45, 7) is 0. The normalized spacial score (nSPS) is 49.3. The molecule has 0 amide bonds. The maximum absolute atomic E-state index is 12.7. The van der Waals surface area contributed by atoms with Gasteiger partial charge in [-0.05, 0) is 30.1 Å². The smallest absolute Gasteiger partial charge is 0.198 e. The minimum Gasteiger partial charge on any atom is -0.291 e. The van der Waals surface area contributed by atoms with Gasteiger partial charge in [0, 0.05) is 0 Å². The molecule has 21 heavy (non-hydrogen) atoms. The number of allylic oxidation sites excluding steroid dienone is 4. The molecule has 0 heterocycles. The maximum Gasteiger partial charge on any atom is 0.198 e. The Kier molecular flexibility index (Phi) is 2.23. The Labute approximate surface area is 130 Å². The molecule has 0 aromatic carbocycles. The van der Waals surface area contributed by atoms with Gasteiger partial charge in [0.1, 0.15) is 10.1 Å². The third kappa shape index (κ3) is 0.996. The summed E-state index contributed by atoms with van der Waals surface area (Å²) < 4.78 is 0. The molecule has 104 valence electrons. The average molecular weight is 319 g/mol. The first-order valence-electron chi connectivity index (χ1n) is 6.63. The van der Waals surface area contributed by atoms with Crippen LogP contribution in [0.5, 0.6) is 0 Å². The van der Waals surface area contributed by atoms with Crippen LogP contribution in [-0.4, -0.2) is 11.6 Å². The van der Waals surface area contributed by atoms with Crippen LogP contribution in [0.15, 0.2) is 22.2 Å². The van der Waals surface area contributed by atoms with Crippen molar-refractivity contribution >= 4 is 34.8 Å². The van der Waals surface area contributed by atoms with Crippen LogP contribution in [0.4, 0.5) is 0 Å². The lowest BCUT2D eigenvalue weighted by Crippen LogP contribution is -2.73. The van der Waals surface area contributed by atoms with E-state index in [-0.39, 0.29) is 23.7 Å². The number of ketones is 2. The molecule has 6 heteroatoms. The molecule has 2 saturated carbocycles. The van der Waals surface area contributed by atoms with Crippen molar-refractivity contribution in [3.05, 3.63) is 22.2 Å². The first-order valence-corrected chi connectivity index (χ1v) is 7.38.